The Bertz CT molecular complexity index is 228. The summed E-state index contributed by atoms with van der Waals surface area (Å²) < 4.78 is 1.20. The molecule has 0 radical (unpaired) electrons. The van der Waals surface area contributed by atoms with Crippen molar-refractivity contribution in [2.24, 2.45) is 5.73 Å². The number of aliphatic hydroxyl groups excluding tert-OH is 1. The number of nitrogens with two attached hydrogens (primary N) is 1. The van der Waals surface area contributed by atoms with Crippen molar-refractivity contribution in [2.45, 2.75) is 13.8 Å². The predicted molar refractivity (Wildman–Crippen MR) is 59.8 cm³/mol. The van der Waals surface area contributed by atoms with Crippen LogP contribution in [0.1, 0.15) is 11.1 Å². The molecule has 13 heavy (non-hydrogen) atoms. The summed E-state index contributed by atoms with van der Waals surface area (Å²) in [5, 5.41) is 7.75. The van der Waals surface area contributed by atoms with Crippen molar-refractivity contribution in [3.05, 3.63) is 33.8 Å². The van der Waals surface area contributed by atoms with Crippen LogP contribution in [-0.2, 0) is 0 Å². The van der Waals surface area contributed by atoms with Gasteiger partial charge >= 0.3 is 0 Å². The largest absolute Gasteiger partial charge is 0.395 e. The molecule has 0 aliphatic carbocycles. The van der Waals surface area contributed by atoms with E-state index in [1.807, 2.05) is 6.07 Å². The van der Waals surface area contributed by atoms with Gasteiger partial charge in [0.2, 0.25) is 0 Å². The average Bonchev–Trinajstić information content (AvgIpc) is 2.14. The Morgan fingerprint density at radius 1 is 1.38 bits per heavy atom. The van der Waals surface area contributed by atoms with Gasteiger partial charge in [0.15, 0.2) is 0 Å². The van der Waals surface area contributed by atoms with E-state index in [0.717, 1.165) is 0 Å². The van der Waals surface area contributed by atoms with Crippen molar-refractivity contribution in [3.8, 4) is 0 Å². The van der Waals surface area contributed by atoms with Gasteiger partial charge in [-0.15, -0.1) is 0 Å². The quantitative estimate of drug-likeness (QED) is 0.796. The first-order valence-corrected chi connectivity index (χ1v) is 4.95. The molecule has 3 heteroatoms. The highest BCUT2D eigenvalue weighted by Gasteiger charge is 1.93. The van der Waals surface area contributed by atoms with E-state index in [-0.39, 0.29) is 6.61 Å². The zero-order valence-corrected chi connectivity index (χ0v) is 9.63. The molecule has 0 heterocycles. The molecule has 0 spiro atoms. The van der Waals surface area contributed by atoms with Crippen molar-refractivity contribution >= 4 is 15.9 Å². The number of halogens is 1. The molecule has 0 amide bonds. The molecule has 0 saturated carbocycles. The summed E-state index contributed by atoms with van der Waals surface area (Å²) in [7, 11) is 0. The Morgan fingerprint density at radius 3 is 2.23 bits per heavy atom. The fraction of sp³-hybridized carbons (Fsp3) is 0.400. The monoisotopic (exact) mass is 245 g/mol. The molecule has 1 aromatic rings. The lowest BCUT2D eigenvalue weighted by atomic mass is 10.1. The summed E-state index contributed by atoms with van der Waals surface area (Å²) in [5.74, 6) is 0. The molecule has 0 unspecified atom stereocenters. The van der Waals surface area contributed by atoms with E-state index >= 15 is 0 Å². The first-order valence-electron chi connectivity index (χ1n) is 4.16. The Hall–Kier alpha value is -0.380. The van der Waals surface area contributed by atoms with E-state index in [1.165, 1.54) is 15.6 Å². The lowest BCUT2D eigenvalue weighted by Gasteiger charge is -1.99. The summed E-state index contributed by atoms with van der Waals surface area (Å²) in [6.45, 7) is 4.69. The molecule has 0 fully saturated rings. The summed E-state index contributed by atoms with van der Waals surface area (Å²) in [5.41, 5.74) is 7.45. The normalized spacial score (nSPS) is 9.00. The van der Waals surface area contributed by atoms with Gasteiger partial charge in [0, 0.05) is 11.0 Å². The van der Waals surface area contributed by atoms with Crippen molar-refractivity contribution in [1.29, 1.82) is 0 Å². The zero-order chi connectivity index (χ0) is 10.3. The lowest BCUT2D eigenvalue weighted by molar-refractivity contribution is 0.306. The van der Waals surface area contributed by atoms with Crippen molar-refractivity contribution in [1.82, 2.24) is 0 Å². The Kier molecular flexibility index (Phi) is 6.86. The molecule has 2 nitrogen and oxygen atoms in total. The average molecular weight is 246 g/mol. The molecule has 74 valence electrons. The molecule has 1 aromatic carbocycles. The standard InChI is InChI=1S/C8H9Br.C2H7NO/c1-6-4-3-5-8(9)7(6)2;3-1-2-4/h3-5H,1-2H3;4H,1-3H2. The van der Waals surface area contributed by atoms with Crippen LogP contribution in [0.25, 0.3) is 0 Å². The Labute approximate surface area is 87.9 Å². The van der Waals surface area contributed by atoms with E-state index in [1.54, 1.807) is 0 Å². The molecular formula is C10H16BrNO. The van der Waals surface area contributed by atoms with Gasteiger partial charge in [0.25, 0.3) is 0 Å². The van der Waals surface area contributed by atoms with Crippen LogP contribution in [0.3, 0.4) is 0 Å². The highest BCUT2D eigenvalue weighted by molar-refractivity contribution is 9.10. The van der Waals surface area contributed by atoms with E-state index < -0.39 is 0 Å². The molecule has 0 aliphatic heterocycles. The molecular weight excluding hydrogens is 230 g/mol. The number of hydrogen-bond donors (Lipinski definition) is 2. The minimum absolute atomic E-state index is 0.0972. The third-order valence-corrected chi connectivity index (χ3v) is 2.53. The summed E-state index contributed by atoms with van der Waals surface area (Å²) >= 11 is 3.45. The van der Waals surface area contributed by atoms with Crippen LogP contribution in [0.2, 0.25) is 0 Å². The highest BCUT2D eigenvalue weighted by atomic mass is 79.9. The molecule has 0 saturated heterocycles. The van der Waals surface area contributed by atoms with Gasteiger partial charge in [0.1, 0.15) is 0 Å². The SMILES string of the molecule is Cc1cccc(Br)c1C.NCCO. The van der Waals surface area contributed by atoms with E-state index in [0.29, 0.717) is 6.54 Å². The second-order valence-electron chi connectivity index (χ2n) is 2.69. The highest BCUT2D eigenvalue weighted by Crippen LogP contribution is 2.17. The zero-order valence-electron chi connectivity index (χ0n) is 8.05. The van der Waals surface area contributed by atoms with E-state index in [2.05, 4.69) is 41.9 Å². The lowest BCUT2D eigenvalue weighted by Crippen LogP contribution is -2.02. The number of rotatable bonds is 1. The summed E-state index contributed by atoms with van der Waals surface area (Å²) in [4.78, 5) is 0. The smallest absolute Gasteiger partial charge is 0.0553 e. The molecule has 0 aliphatic rings. The molecule has 0 atom stereocenters. The summed E-state index contributed by atoms with van der Waals surface area (Å²) in [6.07, 6.45) is 0. The minimum atomic E-state index is 0.0972. The van der Waals surface area contributed by atoms with Gasteiger partial charge in [-0.05, 0) is 31.0 Å². The van der Waals surface area contributed by atoms with Crippen LogP contribution in [0.15, 0.2) is 22.7 Å². The Balaban J connectivity index is 0.000000310. The number of benzene rings is 1. The number of aryl methyl sites for hydroxylation is 1. The first kappa shape index (κ1) is 12.6. The van der Waals surface area contributed by atoms with E-state index in [4.69, 9.17) is 10.8 Å². The molecule has 0 bridgehead atoms. The maximum Gasteiger partial charge on any atom is 0.0553 e. The first-order chi connectivity index (χ1) is 6.13. The van der Waals surface area contributed by atoms with Gasteiger partial charge < -0.3 is 10.8 Å². The minimum Gasteiger partial charge on any atom is -0.395 e. The predicted octanol–water partition coefficient (Wildman–Crippen LogP) is 2.00. The fourth-order valence-electron chi connectivity index (χ4n) is 0.715. The maximum atomic E-state index is 7.75. The maximum absolute atomic E-state index is 7.75. The third kappa shape index (κ3) is 5.03. The second kappa shape index (κ2) is 7.06. The Morgan fingerprint density at radius 2 is 1.92 bits per heavy atom. The van der Waals surface area contributed by atoms with Crippen LogP contribution in [0, 0.1) is 13.8 Å². The van der Waals surface area contributed by atoms with Crippen molar-refractivity contribution in [2.75, 3.05) is 13.2 Å². The number of aliphatic hydroxyl groups is 1. The van der Waals surface area contributed by atoms with Crippen LogP contribution >= 0.6 is 15.9 Å². The van der Waals surface area contributed by atoms with Crippen molar-refractivity contribution in [3.63, 3.8) is 0 Å². The van der Waals surface area contributed by atoms with Crippen molar-refractivity contribution < 1.29 is 5.11 Å². The number of hydrogen-bond acceptors (Lipinski definition) is 2. The van der Waals surface area contributed by atoms with Gasteiger partial charge in [0.05, 0.1) is 6.61 Å². The van der Waals surface area contributed by atoms with Crippen LogP contribution in [-0.4, -0.2) is 18.3 Å². The van der Waals surface area contributed by atoms with Gasteiger partial charge in [-0.1, -0.05) is 28.1 Å². The van der Waals surface area contributed by atoms with E-state index in [9.17, 15) is 0 Å². The molecule has 3 N–H and O–H groups in total. The van der Waals surface area contributed by atoms with Gasteiger partial charge in [-0.2, -0.15) is 0 Å². The molecule has 0 aromatic heterocycles. The topological polar surface area (TPSA) is 46.2 Å². The van der Waals surface area contributed by atoms with Crippen LogP contribution < -0.4 is 5.73 Å². The second-order valence-corrected chi connectivity index (χ2v) is 3.55. The van der Waals surface area contributed by atoms with Gasteiger partial charge in [-0.25, -0.2) is 0 Å². The van der Waals surface area contributed by atoms with Crippen LogP contribution in [0.4, 0.5) is 0 Å². The van der Waals surface area contributed by atoms with Gasteiger partial charge in [-0.3, -0.25) is 0 Å². The molecule has 1 rings (SSSR count). The summed E-state index contributed by atoms with van der Waals surface area (Å²) in [6, 6.07) is 6.22. The third-order valence-electron chi connectivity index (χ3n) is 1.67. The fourth-order valence-corrected chi connectivity index (χ4v) is 1.18. The van der Waals surface area contributed by atoms with Crippen LogP contribution in [0.5, 0.6) is 0 Å².